The number of nitrogens with one attached hydrogen (secondary N) is 1. The van der Waals surface area contributed by atoms with E-state index >= 15 is 0 Å². The number of anilines is 1. The fraction of sp³-hybridized carbons (Fsp3) is 0.190. The molecular weight excluding hydrogens is 358 g/mol. The molecule has 0 radical (unpaired) electrons. The van der Waals surface area contributed by atoms with E-state index in [0.29, 0.717) is 28.5 Å². The van der Waals surface area contributed by atoms with E-state index < -0.39 is 0 Å². The molecule has 2 aromatic carbocycles. The van der Waals surface area contributed by atoms with E-state index in [-0.39, 0.29) is 5.91 Å². The van der Waals surface area contributed by atoms with E-state index in [1.54, 1.807) is 18.2 Å². The Morgan fingerprint density at radius 2 is 1.61 bits per heavy atom. The third-order valence-corrected chi connectivity index (χ3v) is 4.14. The highest BCUT2D eigenvalue weighted by Crippen LogP contribution is 2.38. The predicted molar refractivity (Wildman–Crippen MR) is 106 cm³/mol. The van der Waals surface area contributed by atoms with Crippen LogP contribution in [0.5, 0.6) is 17.2 Å². The summed E-state index contributed by atoms with van der Waals surface area (Å²) in [6, 6.07) is 14.4. The number of ether oxygens (including phenoxy) is 3. The second-order valence-corrected chi connectivity index (χ2v) is 6.01. The number of methoxy groups -OCH3 is 3. The Morgan fingerprint density at radius 3 is 2.18 bits per heavy atom. The lowest BCUT2D eigenvalue weighted by atomic mass is 10.1. The Balaban J connectivity index is 1.87. The van der Waals surface area contributed by atoms with Crippen LogP contribution in [0.25, 0.3) is 11.3 Å². The first-order chi connectivity index (χ1) is 13.5. The summed E-state index contributed by atoms with van der Waals surface area (Å²) in [5, 5.41) is 11.1. The number of hydrogen-bond donors (Lipinski definition) is 1. The van der Waals surface area contributed by atoms with Gasteiger partial charge >= 0.3 is 0 Å². The number of rotatable bonds is 6. The highest BCUT2D eigenvalue weighted by atomic mass is 16.5. The van der Waals surface area contributed by atoms with Crippen molar-refractivity contribution in [3.63, 3.8) is 0 Å². The summed E-state index contributed by atoms with van der Waals surface area (Å²) in [4.78, 5) is 12.8. The zero-order valence-electron chi connectivity index (χ0n) is 16.1. The van der Waals surface area contributed by atoms with Gasteiger partial charge in [-0.3, -0.25) is 4.79 Å². The lowest BCUT2D eigenvalue weighted by Gasteiger charge is -2.14. The first kappa shape index (κ1) is 19.2. The summed E-state index contributed by atoms with van der Waals surface area (Å²) in [6.07, 6.45) is 0. The minimum atomic E-state index is -0.300. The van der Waals surface area contributed by atoms with Crippen molar-refractivity contribution in [2.75, 3.05) is 26.6 Å². The van der Waals surface area contributed by atoms with Crippen LogP contribution >= 0.6 is 0 Å². The maximum absolute atomic E-state index is 12.8. The normalized spacial score (nSPS) is 10.3. The number of carbonyl (C=O) groups is 1. The van der Waals surface area contributed by atoms with Gasteiger partial charge in [0.2, 0.25) is 5.75 Å². The van der Waals surface area contributed by atoms with Crippen LogP contribution in [0.2, 0.25) is 0 Å². The number of amides is 1. The first-order valence-corrected chi connectivity index (χ1v) is 8.58. The van der Waals surface area contributed by atoms with Crippen molar-refractivity contribution in [3.05, 3.63) is 59.8 Å². The van der Waals surface area contributed by atoms with Crippen LogP contribution in [0, 0.1) is 6.92 Å². The number of aromatic nitrogens is 2. The second-order valence-electron chi connectivity index (χ2n) is 6.01. The third kappa shape index (κ3) is 4.03. The molecule has 0 aliphatic heterocycles. The molecule has 1 aromatic heterocycles. The molecule has 0 aliphatic rings. The lowest BCUT2D eigenvalue weighted by Crippen LogP contribution is -2.12. The molecule has 0 saturated carbocycles. The van der Waals surface area contributed by atoms with Crippen LogP contribution in [-0.4, -0.2) is 37.4 Å². The SMILES string of the molecule is COc1cc(C(=O)Nc2cccc(-c3ccc(C)nn3)c2)cc(OC)c1OC. The molecule has 0 saturated heterocycles. The molecule has 144 valence electrons. The molecule has 28 heavy (non-hydrogen) atoms. The predicted octanol–water partition coefficient (Wildman–Crippen LogP) is 3.73. The van der Waals surface area contributed by atoms with E-state index in [4.69, 9.17) is 14.2 Å². The van der Waals surface area contributed by atoms with Crippen molar-refractivity contribution in [1.82, 2.24) is 10.2 Å². The Bertz CT molecular complexity index is 962. The van der Waals surface area contributed by atoms with Gasteiger partial charge in [-0.25, -0.2) is 0 Å². The van der Waals surface area contributed by atoms with Crippen LogP contribution in [0.4, 0.5) is 5.69 Å². The molecule has 1 N–H and O–H groups in total. The van der Waals surface area contributed by atoms with Gasteiger partial charge in [-0.1, -0.05) is 12.1 Å². The molecule has 1 heterocycles. The van der Waals surface area contributed by atoms with Gasteiger partial charge < -0.3 is 19.5 Å². The van der Waals surface area contributed by atoms with Crippen molar-refractivity contribution in [2.24, 2.45) is 0 Å². The quantitative estimate of drug-likeness (QED) is 0.703. The molecule has 0 aliphatic carbocycles. The largest absolute Gasteiger partial charge is 0.493 e. The summed E-state index contributed by atoms with van der Waals surface area (Å²) in [5.41, 5.74) is 3.45. The summed E-state index contributed by atoms with van der Waals surface area (Å²) in [7, 11) is 4.52. The summed E-state index contributed by atoms with van der Waals surface area (Å²) in [6.45, 7) is 1.88. The zero-order valence-corrected chi connectivity index (χ0v) is 16.1. The van der Waals surface area contributed by atoms with Crippen molar-refractivity contribution >= 4 is 11.6 Å². The van der Waals surface area contributed by atoms with Crippen molar-refractivity contribution in [1.29, 1.82) is 0 Å². The molecule has 3 aromatic rings. The molecule has 0 fully saturated rings. The van der Waals surface area contributed by atoms with Gasteiger partial charge in [-0.2, -0.15) is 10.2 Å². The highest BCUT2D eigenvalue weighted by molar-refractivity contribution is 6.05. The van der Waals surface area contributed by atoms with Crippen molar-refractivity contribution < 1.29 is 19.0 Å². The average Bonchev–Trinajstić information content (AvgIpc) is 2.73. The van der Waals surface area contributed by atoms with Crippen LogP contribution < -0.4 is 19.5 Å². The van der Waals surface area contributed by atoms with Crippen LogP contribution in [0.1, 0.15) is 16.1 Å². The smallest absolute Gasteiger partial charge is 0.255 e. The van der Waals surface area contributed by atoms with E-state index in [0.717, 1.165) is 17.0 Å². The molecule has 1 amide bonds. The molecule has 0 atom stereocenters. The van der Waals surface area contributed by atoms with Crippen molar-refractivity contribution in [3.8, 4) is 28.5 Å². The van der Waals surface area contributed by atoms with E-state index in [1.165, 1.54) is 21.3 Å². The van der Waals surface area contributed by atoms with Gasteiger partial charge in [-0.05, 0) is 43.3 Å². The molecular formula is C21H21N3O4. The summed E-state index contributed by atoms with van der Waals surface area (Å²) >= 11 is 0. The van der Waals surface area contributed by atoms with Crippen LogP contribution in [0.15, 0.2) is 48.5 Å². The number of benzene rings is 2. The van der Waals surface area contributed by atoms with Gasteiger partial charge in [0.05, 0.1) is 32.7 Å². The van der Waals surface area contributed by atoms with Crippen molar-refractivity contribution in [2.45, 2.75) is 6.92 Å². The summed E-state index contributed by atoms with van der Waals surface area (Å²) < 4.78 is 15.9. The minimum absolute atomic E-state index is 0.300. The number of aryl methyl sites for hydroxylation is 1. The van der Waals surface area contributed by atoms with Crippen LogP contribution in [-0.2, 0) is 0 Å². The maximum Gasteiger partial charge on any atom is 0.255 e. The lowest BCUT2D eigenvalue weighted by molar-refractivity contribution is 0.102. The molecule has 0 spiro atoms. The van der Waals surface area contributed by atoms with E-state index in [1.807, 2.05) is 37.3 Å². The molecule has 7 nitrogen and oxygen atoms in total. The van der Waals surface area contributed by atoms with Gasteiger partial charge in [0, 0.05) is 16.8 Å². The number of hydrogen-bond acceptors (Lipinski definition) is 6. The average molecular weight is 379 g/mol. The molecule has 0 bridgehead atoms. The van der Waals surface area contributed by atoms with Gasteiger partial charge in [0.25, 0.3) is 5.91 Å². The molecule has 3 rings (SSSR count). The van der Waals surface area contributed by atoms with Gasteiger partial charge in [-0.15, -0.1) is 0 Å². The standard InChI is InChI=1S/C21H21N3O4/c1-13-8-9-17(24-23-13)14-6-5-7-16(10-14)22-21(25)15-11-18(26-2)20(28-4)19(12-15)27-3/h5-12H,1-4H3,(H,22,25). The fourth-order valence-electron chi connectivity index (χ4n) is 2.72. The first-order valence-electron chi connectivity index (χ1n) is 8.58. The Hall–Kier alpha value is -3.61. The minimum Gasteiger partial charge on any atom is -0.493 e. The Kier molecular flexibility index (Phi) is 5.74. The van der Waals surface area contributed by atoms with Crippen LogP contribution in [0.3, 0.4) is 0 Å². The number of carbonyl (C=O) groups excluding carboxylic acids is 1. The number of nitrogens with zero attached hydrogens (tertiary/aromatic N) is 2. The topological polar surface area (TPSA) is 82.6 Å². The fourth-order valence-corrected chi connectivity index (χ4v) is 2.72. The second kappa shape index (κ2) is 8.39. The third-order valence-electron chi connectivity index (χ3n) is 4.14. The highest BCUT2D eigenvalue weighted by Gasteiger charge is 2.17. The van der Waals surface area contributed by atoms with E-state index in [9.17, 15) is 4.79 Å². The van der Waals surface area contributed by atoms with Gasteiger partial charge in [0.15, 0.2) is 11.5 Å². The Morgan fingerprint density at radius 1 is 0.893 bits per heavy atom. The zero-order chi connectivity index (χ0) is 20.1. The molecule has 0 unspecified atom stereocenters. The van der Waals surface area contributed by atoms with Gasteiger partial charge in [0.1, 0.15) is 0 Å². The van der Waals surface area contributed by atoms with E-state index in [2.05, 4.69) is 15.5 Å². The summed E-state index contributed by atoms with van der Waals surface area (Å²) in [5.74, 6) is 0.958. The molecule has 7 heteroatoms. The maximum atomic E-state index is 12.8. The Labute approximate surface area is 163 Å². The monoisotopic (exact) mass is 379 g/mol.